The van der Waals surface area contributed by atoms with Gasteiger partial charge in [0.25, 0.3) is 5.91 Å². The maximum Gasteiger partial charge on any atom is 0.325 e. The number of halogens is 2. The van der Waals surface area contributed by atoms with E-state index in [4.69, 9.17) is 0 Å². The topological polar surface area (TPSA) is 95.6 Å². The van der Waals surface area contributed by atoms with Gasteiger partial charge in [-0.3, -0.25) is 19.3 Å². The first-order chi connectivity index (χ1) is 14.1. The highest BCUT2D eigenvalue weighted by Crippen LogP contribution is 2.34. The Kier molecular flexibility index (Phi) is 4.41. The van der Waals surface area contributed by atoms with Crippen molar-refractivity contribution in [3.05, 3.63) is 64.7 Å². The molecule has 0 radical (unpaired) electrons. The molecule has 0 spiro atoms. The molecule has 9 heteroatoms. The third kappa shape index (κ3) is 2.94. The van der Waals surface area contributed by atoms with E-state index in [1.165, 1.54) is 13.0 Å². The summed E-state index contributed by atoms with van der Waals surface area (Å²) >= 11 is 0. The quantitative estimate of drug-likeness (QED) is 0.595. The molecule has 4 amide bonds. The number of ketones is 1. The number of imide groups is 1. The SMILES string of the molecule is C[C@@H]1C(=O)Nc2ccc(C(=O)CN3C(=O)N[C@@](C)(c4cc(F)ccc4F)C3=O)cc21. The van der Waals surface area contributed by atoms with E-state index in [9.17, 15) is 28.0 Å². The molecule has 4 rings (SSSR count). The Morgan fingerprint density at radius 2 is 1.87 bits per heavy atom. The van der Waals surface area contributed by atoms with E-state index in [2.05, 4.69) is 10.6 Å². The number of anilines is 1. The first kappa shape index (κ1) is 19.7. The number of carbonyl (C=O) groups excluding carboxylic acids is 4. The summed E-state index contributed by atoms with van der Waals surface area (Å²) in [6.07, 6.45) is 0. The fourth-order valence-corrected chi connectivity index (χ4v) is 3.73. The maximum absolute atomic E-state index is 14.2. The van der Waals surface area contributed by atoms with Gasteiger partial charge in [0.1, 0.15) is 17.2 Å². The smallest absolute Gasteiger partial charge is 0.325 e. The van der Waals surface area contributed by atoms with Gasteiger partial charge in [-0.15, -0.1) is 0 Å². The molecule has 2 aromatic carbocycles. The van der Waals surface area contributed by atoms with Crippen LogP contribution in [0.4, 0.5) is 19.3 Å². The van der Waals surface area contributed by atoms with Crippen LogP contribution in [0, 0.1) is 11.6 Å². The number of fused-ring (bicyclic) bond motifs is 1. The number of urea groups is 1. The van der Waals surface area contributed by atoms with Gasteiger partial charge in [-0.1, -0.05) is 0 Å². The molecule has 0 unspecified atom stereocenters. The van der Waals surface area contributed by atoms with Crippen LogP contribution < -0.4 is 10.6 Å². The van der Waals surface area contributed by atoms with E-state index >= 15 is 0 Å². The lowest BCUT2D eigenvalue weighted by Gasteiger charge is -2.22. The molecule has 154 valence electrons. The molecule has 2 atom stereocenters. The summed E-state index contributed by atoms with van der Waals surface area (Å²) in [5.41, 5.74) is -0.690. The van der Waals surface area contributed by atoms with Crippen LogP contribution in [0.5, 0.6) is 0 Å². The Labute approximate surface area is 170 Å². The van der Waals surface area contributed by atoms with Crippen molar-refractivity contribution in [3.8, 4) is 0 Å². The molecular formula is C21H17F2N3O4. The van der Waals surface area contributed by atoms with Crippen molar-refractivity contribution in [1.29, 1.82) is 0 Å². The van der Waals surface area contributed by atoms with Gasteiger partial charge in [-0.05, 0) is 55.8 Å². The van der Waals surface area contributed by atoms with Gasteiger partial charge < -0.3 is 10.6 Å². The third-order valence-electron chi connectivity index (χ3n) is 5.53. The van der Waals surface area contributed by atoms with Crippen LogP contribution in [0.3, 0.4) is 0 Å². The van der Waals surface area contributed by atoms with Gasteiger partial charge in [-0.2, -0.15) is 0 Å². The summed E-state index contributed by atoms with van der Waals surface area (Å²) in [5, 5.41) is 5.04. The fraction of sp³-hybridized carbons (Fsp3) is 0.238. The third-order valence-corrected chi connectivity index (χ3v) is 5.53. The normalized spacial score (nSPS) is 22.7. The van der Waals surface area contributed by atoms with E-state index in [0.717, 1.165) is 18.2 Å². The van der Waals surface area contributed by atoms with Crippen LogP contribution in [-0.2, 0) is 15.1 Å². The van der Waals surface area contributed by atoms with Crippen LogP contribution in [-0.4, -0.2) is 35.1 Å². The van der Waals surface area contributed by atoms with Gasteiger partial charge in [-0.25, -0.2) is 13.6 Å². The van der Waals surface area contributed by atoms with Crippen LogP contribution in [0.2, 0.25) is 0 Å². The number of rotatable bonds is 4. The maximum atomic E-state index is 14.2. The lowest BCUT2D eigenvalue weighted by molar-refractivity contribution is -0.130. The van der Waals surface area contributed by atoms with Crippen molar-refractivity contribution in [2.24, 2.45) is 0 Å². The second kappa shape index (κ2) is 6.72. The predicted molar refractivity (Wildman–Crippen MR) is 102 cm³/mol. The minimum atomic E-state index is -1.84. The second-order valence-electron chi connectivity index (χ2n) is 7.51. The minimum absolute atomic E-state index is 0.184. The van der Waals surface area contributed by atoms with E-state index in [1.807, 2.05) is 0 Å². The zero-order valence-electron chi connectivity index (χ0n) is 16.1. The molecule has 2 N–H and O–H groups in total. The molecule has 1 fully saturated rings. The highest BCUT2D eigenvalue weighted by molar-refractivity contribution is 6.12. The van der Waals surface area contributed by atoms with Crippen molar-refractivity contribution in [3.63, 3.8) is 0 Å². The Morgan fingerprint density at radius 3 is 2.60 bits per heavy atom. The van der Waals surface area contributed by atoms with E-state index < -0.39 is 47.4 Å². The number of carbonyl (C=O) groups is 4. The molecular weight excluding hydrogens is 396 g/mol. The number of amides is 4. The second-order valence-corrected chi connectivity index (χ2v) is 7.51. The average molecular weight is 413 g/mol. The molecule has 2 heterocycles. The Morgan fingerprint density at radius 1 is 1.13 bits per heavy atom. The van der Waals surface area contributed by atoms with Gasteiger partial charge in [0, 0.05) is 16.8 Å². The van der Waals surface area contributed by atoms with Gasteiger partial charge in [0.15, 0.2) is 5.78 Å². The van der Waals surface area contributed by atoms with Crippen LogP contribution >= 0.6 is 0 Å². The molecule has 2 aliphatic heterocycles. The zero-order chi connectivity index (χ0) is 21.8. The molecule has 0 aliphatic carbocycles. The Balaban J connectivity index is 1.59. The fourth-order valence-electron chi connectivity index (χ4n) is 3.73. The first-order valence-corrected chi connectivity index (χ1v) is 9.19. The van der Waals surface area contributed by atoms with Crippen molar-refractivity contribution in [2.45, 2.75) is 25.3 Å². The first-order valence-electron chi connectivity index (χ1n) is 9.19. The molecule has 0 aromatic heterocycles. The lowest BCUT2D eigenvalue weighted by Crippen LogP contribution is -2.42. The van der Waals surface area contributed by atoms with Crippen molar-refractivity contribution < 1.29 is 28.0 Å². The van der Waals surface area contributed by atoms with Crippen molar-refractivity contribution in [1.82, 2.24) is 10.2 Å². The average Bonchev–Trinajstić information content (AvgIpc) is 3.11. The van der Waals surface area contributed by atoms with Crippen LogP contribution in [0.25, 0.3) is 0 Å². The molecule has 2 aliphatic rings. The van der Waals surface area contributed by atoms with Crippen molar-refractivity contribution >= 4 is 29.3 Å². The number of hydrogen-bond acceptors (Lipinski definition) is 4. The summed E-state index contributed by atoms with van der Waals surface area (Å²) in [6, 6.07) is 6.34. The molecule has 1 saturated heterocycles. The number of hydrogen-bond donors (Lipinski definition) is 2. The van der Waals surface area contributed by atoms with Crippen LogP contribution in [0.15, 0.2) is 36.4 Å². The van der Waals surface area contributed by atoms with Gasteiger partial charge in [0.05, 0.1) is 12.5 Å². The monoisotopic (exact) mass is 413 g/mol. The molecule has 2 aromatic rings. The van der Waals surface area contributed by atoms with Crippen molar-refractivity contribution in [2.75, 3.05) is 11.9 Å². The molecule has 30 heavy (non-hydrogen) atoms. The summed E-state index contributed by atoms with van der Waals surface area (Å²) in [7, 11) is 0. The standard InChI is InChI=1S/C21H17F2N3O4/c1-10-13-7-11(3-6-16(13)24-18(10)28)17(27)9-26-19(29)21(2,25-20(26)30)14-8-12(22)4-5-15(14)23/h3-8,10H,9H2,1-2H3,(H,24,28)(H,25,30)/t10-,21-/m0/s1. The number of Topliss-reactive ketones (excluding diaryl/α,β-unsaturated/α-hetero) is 1. The summed E-state index contributed by atoms with van der Waals surface area (Å²) in [6.45, 7) is 2.38. The Bertz CT molecular complexity index is 1130. The molecule has 0 bridgehead atoms. The minimum Gasteiger partial charge on any atom is -0.325 e. The zero-order valence-corrected chi connectivity index (χ0v) is 16.1. The molecule has 0 saturated carbocycles. The summed E-state index contributed by atoms with van der Waals surface area (Å²) in [4.78, 5) is 50.5. The summed E-state index contributed by atoms with van der Waals surface area (Å²) < 4.78 is 27.8. The van der Waals surface area contributed by atoms with E-state index in [-0.39, 0.29) is 17.0 Å². The largest absolute Gasteiger partial charge is 0.325 e. The van der Waals surface area contributed by atoms with E-state index in [0.29, 0.717) is 16.2 Å². The van der Waals surface area contributed by atoms with Gasteiger partial charge in [0.2, 0.25) is 5.91 Å². The molecule has 7 nitrogen and oxygen atoms in total. The summed E-state index contributed by atoms with van der Waals surface area (Å²) in [5.74, 6) is -3.63. The number of nitrogens with zero attached hydrogens (tertiary/aromatic N) is 1. The highest BCUT2D eigenvalue weighted by Gasteiger charge is 2.50. The highest BCUT2D eigenvalue weighted by atomic mass is 19.1. The predicted octanol–water partition coefficient (Wildman–Crippen LogP) is 2.67. The number of benzene rings is 2. The van der Waals surface area contributed by atoms with E-state index in [1.54, 1.807) is 19.1 Å². The number of nitrogens with one attached hydrogen (secondary N) is 2. The Hall–Kier alpha value is -3.62. The van der Waals surface area contributed by atoms with Gasteiger partial charge >= 0.3 is 6.03 Å². The van der Waals surface area contributed by atoms with Crippen LogP contribution in [0.1, 0.15) is 41.3 Å². The lowest BCUT2D eigenvalue weighted by atomic mass is 9.91.